The van der Waals surface area contributed by atoms with Crippen molar-refractivity contribution in [1.29, 1.82) is 0 Å². The van der Waals surface area contributed by atoms with Gasteiger partial charge in [-0.1, -0.05) is 6.07 Å². The molecule has 132 valence electrons. The molecule has 2 heterocycles. The van der Waals surface area contributed by atoms with E-state index in [9.17, 15) is 14.0 Å². The van der Waals surface area contributed by atoms with E-state index in [2.05, 4.69) is 15.4 Å². The molecule has 2 amide bonds. The van der Waals surface area contributed by atoms with Crippen LogP contribution in [0.5, 0.6) is 0 Å². The molecule has 0 bridgehead atoms. The fraction of sp³-hybridized carbons (Fsp3) is 0.412. The van der Waals surface area contributed by atoms with Crippen LogP contribution in [0.4, 0.5) is 10.1 Å². The Morgan fingerprint density at radius 1 is 1.44 bits per heavy atom. The predicted octanol–water partition coefficient (Wildman–Crippen LogP) is 1.29. The zero-order valence-electron chi connectivity index (χ0n) is 14.0. The molecule has 1 aromatic carbocycles. The predicted molar refractivity (Wildman–Crippen MR) is 89.2 cm³/mol. The summed E-state index contributed by atoms with van der Waals surface area (Å²) in [4.78, 5) is 29.6. The molecular formula is C17H20FN5O2. The largest absolute Gasteiger partial charge is 0.356 e. The second-order valence-electron chi connectivity index (χ2n) is 6.16. The first-order valence-corrected chi connectivity index (χ1v) is 8.21. The molecule has 1 aliphatic rings. The highest BCUT2D eigenvalue weighted by molar-refractivity contribution is 6.00. The first-order chi connectivity index (χ1) is 12.0. The van der Waals surface area contributed by atoms with Crippen LogP contribution in [0.25, 0.3) is 0 Å². The van der Waals surface area contributed by atoms with Crippen molar-refractivity contribution in [3.05, 3.63) is 42.2 Å². The van der Waals surface area contributed by atoms with E-state index in [1.165, 1.54) is 17.3 Å². The number of nitrogens with zero attached hydrogens (tertiary/aromatic N) is 4. The number of aryl methyl sites for hydroxylation is 2. The van der Waals surface area contributed by atoms with Gasteiger partial charge in [0.25, 0.3) is 0 Å². The van der Waals surface area contributed by atoms with Crippen LogP contribution in [0, 0.1) is 18.7 Å². The lowest BCUT2D eigenvalue weighted by Crippen LogP contribution is -2.34. The maximum absolute atomic E-state index is 14.1. The second kappa shape index (κ2) is 7.42. The minimum atomic E-state index is -0.459. The van der Waals surface area contributed by atoms with Gasteiger partial charge in [-0.05, 0) is 31.0 Å². The average molecular weight is 345 g/mol. The molecule has 1 atom stereocenters. The number of halogens is 1. The van der Waals surface area contributed by atoms with Gasteiger partial charge in [0, 0.05) is 26.1 Å². The zero-order valence-corrected chi connectivity index (χ0v) is 14.0. The summed E-state index contributed by atoms with van der Waals surface area (Å²) in [5.41, 5.74) is 1.02. The summed E-state index contributed by atoms with van der Waals surface area (Å²) >= 11 is 0. The quantitative estimate of drug-likeness (QED) is 0.800. The van der Waals surface area contributed by atoms with Crippen molar-refractivity contribution in [2.75, 3.05) is 18.0 Å². The van der Waals surface area contributed by atoms with Crippen LogP contribution in [0.1, 0.15) is 18.4 Å². The molecule has 25 heavy (non-hydrogen) atoms. The Bertz CT molecular complexity index is 762. The van der Waals surface area contributed by atoms with Crippen molar-refractivity contribution < 1.29 is 14.0 Å². The Morgan fingerprint density at radius 3 is 3.00 bits per heavy atom. The molecule has 1 aromatic heterocycles. The van der Waals surface area contributed by atoms with E-state index in [1.807, 2.05) is 0 Å². The number of nitrogens with one attached hydrogen (secondary N) is 1. The van der Waals surface area contributed by atoms with Crippen LogP contribution in [0.3, 0.4) is 0 Å². The van der Waals surface area contributed by atoms with Crippen LogP contribution in [-0.2, 0) is 16.1 Å². The minimum Gasteiger partial charge on any atom is -0.356 e. The molecule has 0 spiro atoms. The number of benzene rings is 1. The van der Waals surface area contributed by atoms with Crippen molar-refractivity contribution in [3.63, 3.8) is 0 Å². The van der Waals surface area contributed by atoms with Crippen molar-refractivity contribution in [2.24, 2.45) is 5.92 Å². The summed E-state index contributed by atoms with van der Waals surface area (Å²) < 4.78 is 15.8. The lowest BCUT2D eigenvalue weighted by atomic mass is 10.1. The monoisotopic (exact) mass is 345 g/mol. The number of hydrogen-bond donors (Lipinski definition) is 1. The Labute approximate surface area is 144 Å². The number of amides is 2. The molecule has 0 unspecified atom stereocenters. The normalized spacial score (nSPS) is 17.1. The number of hydrogen-bond acceptors (Lipinski definition) is 4. The van der Waals surface area contributed by atoms with Crippen LogP contribution >= 0.6 is 0 Å². The maximum atomic E-state index is 14.1. The van der Waals surface area contributed by atoms with Gasteiger partial charge in [-0.25, -0.2) is 9.37 Å². The zero-order chi connectivity index (χ0) is 17.8. The molecule has 0 radical (unpaired) electrons. The second-order valence-corrected chi connectivity index (χ2v) is 6.16. The third-order valence-corrected chi connectivity index (χ3v) is 4.22. The number of aromatic nitrogens is 3. The molecular weight excluding hydrogens is 325 g/mol. The van der Waals surface area contributed by atoms with Crippen molar-refractivity contribution in [3.8, 4) is 0 Å². The van der Waals surface area contributed by atoms with Gasteiger partial charge in [-0.2, -0.15) is 5.10 Å². The van der Waals surface area contributed by atoms with E-state index in [-0.39, 0.29) is 30.5 Å². The standard InChI is InChI=1S/C17H20FN5O2/c1-12-3-4-15(14(18)7-12)23-9-13(8-16(23)24)17(25)20-5-2-6-22-11-19-10-21-22/h3-4,7,10-11,13H,2,5-6,8-9H2,1H3,(H,20,25)/t13-/m0/s1. The summed E-state index contributed by atoms with van der Waals surface area (Å²) in [6, 6.07) is 4.73. The van der Waals surface area contributed by atoms with E-state index in [0.717, 1.165) is 5.56 Å². The Balaban J connectivity index is 1.52. The Morgan fingerprint density at radius 2 is 2.28 bits per heavy atom. The third kappa shape index (κ3) is 4.01. The van der Waals surface area contributed by atoms with Crippen LogP contribution < -0.4 is 10.2 Å². The van der Waals surface area contributed by atoms with E-state index in [0.29, 0.717) is 19.5 Å². The summed E-state index contributed by atoms with van der Waals surface area (Å²) in [6.07, 6.45) is 3.89. The van der Waals surface area contributed by atoms with E-state index < -0.39 is 11.7 Å². The van der Waals surface area contributed by atoms with Gasteiger partial charge in [0.1, 0.15) is 18.5 Å². The maximum Gasteiger partial charge on any atom is 0.227 e. The summed E-state index contributed by atoms with van der Waals surface area (Å²) in [5, 5.41) is 6.81. The van der Waals surface area contributed by atoms with Crippen LogP contribution in [-0.4, -0.2) is 39.7 Å². The molecule has 1 N–H and O–H groups in total. The van der Waals surface area contributed by atoms with Crippen LogP contribution in [0.15, 0.2) is 30.9 Å². The first kappa shape index (κ1) is 17.1. The van der Waals surface area contributed by atoms with Gasteiger partial charge < -0.3 is 10.2 Å². The highest BCUT2D eigenvalue weighted by Crippen LogP contribution is 2.28. The van der Waals surface area contributed by atoms with E-state index in [4.69, 9.17) is 0 Å². The van der Waals surface area contributed by atoms with Crippen molar-refractivity contribution in [1.82, 2.24) is 20.1 Å². The minimum absolute atomic E-state index is 0.0994. The van der Waals surface area contributed by atoms with E-state index in [1.54, 1.807) is 30.1 Å². The Hall–Kier alpha value is -2.77. The molecule has 3 rings (SSSR count). The fourth-order valence-corrected chi connectivity index (χ4v) is 2.89. The molecule has 8 heteroatoms. The summed E-state index contributed by atoms with van der Waals surface area (Å²) in [5.74, 6) is -1.31. The van der Waals surface area contributed by atoms with Gasteiger partial charge in [-0.3, -0.25) is 14.3 Å². The lowest BCUT2D eigenvalue weighted by Gasteiger charge is -2.17. The van der Waals surface area contributed by atoms with Crippen LogP contribution in [0.2, 0.25) is 0 Å². The van der Waals surface area contributed by atoms with Gasteiger partial charge in [0.15, 0.2) is 0 Å². The smallest absolute Gasteiger partial charge is 0.227 e. The third-order valence-electron chi connectivity index (χ3n) is 4.22. The molecule has 0 saturated carbocycles. The SMILES string of the molecule is Cc1ccc(N2C[C@@H](C(=O)NCCCn3cncn3)CC2=O)c(F)c1. The van der Waals surface area contributed by atoms with Gasteiger partial charge >= 0.3 is 0 Å². The molecule has 2 aromatic rings. The number of anilines is 1. The number of carbonyl (C=O) groups excluding carboxylic acids is 2. The molecule has 1 fully saturated rings. The summed E-state index contributed by atoms with van der Waals surface area (Å²) in [7, 11) is 0. The van der Waals surface area contributed by atoms with Gasteiger partial charge in [0.2, 0.25) is 11.8 Å². The highest BCUT2D eigenvalue weighted by atomic mass is 19.1. The topological polar surface area (TPSA) is 80.1 Å². The lowest BCUT2D eigenvalue weighted by molar-refractivity contribution is -0.126. The number of rotatable bonds is 6. The average Bonchev–Trinajstić information content (AvgIpc) is 3.21. The molecule has 0 aliphatic carbocycles. The van der Waals surface area contributed by atoms with E-state index >= 15 is 0 Å². The fourth-order valence-electron chi connectivity index (χ4n) is 2.89. The molecule has 1 saturated heterocycles. The number of carbonyl (C=O) groups is 2. The van der Waals surface area contributed by atoms with Crippen molar-refractivity contribution in [2.45, 2.75) is 26.3 Å². The highest BCUT2D eigenvalue weighted by Gasteiger charge is 2.35. The molecule has 7 nitrogen and oxygen atoms in total. The molecule has 1 aliphatic heterocycles. The Kier molecular flexibility index (Phi) is 5.06. The first-order valence-electron chi connectivity index (χ1n) is 8.21. The summed E-state index contributed by atoms with van der Waals surface area (Å²) in [6.45, 7) is 3.13. The van der Waals surface area contributed by atoms with Crippen molar-refractivity contribution >= 4 is 17.5 Å². The van der Waals surface area contributed by atoms with Gasteiger partial charge in [-0.15, -0.1) is 0 Å². The van der Waals surface area contributed by atoms with Gasteiger partial charge in [0.05, 0.1) is 11.6 Å².